The van der Waals surface area contributed by atoms with Crippen molar-refractivity contribution in [2.24, 2.45) is 0 Å². The molecular weight excluding hydrogens is 312 g/mol. The Morgan fingerprint density at radius 3 is 2.33 bits per heavy atom. The molecular formula is C15H10Cl2FN3. The summed E-state index contributed by atoms with van der Waals surface area (Å²) in [5.74, 6) is -0.439. The largest absolute Gasteiger partial charge is 0.247 e. The Balaban J connectivity index is 2.38. The number of hydrogen-bond acceptors (Lipinski definition) is 3. The van der Waals surface area contributed by atoms with E-state index in [9.17, 15) is 4.39 Å². The zero-order valence-corrected chi connectivity index (χ0v) is 12.8. The molecule has 0 saturated heterocycles. The van der Waals surface area contributed by atoms with Crippen LogP contribution >= 0.6 is 23.2 Å². The normalized spacial score (nSPS) is 11.1. The third kappa shape index (κ3) is 2.57. The number of aromatic nitrogens is 3. The second-order valence-electron chi connectivity index (χ2n) is 4.68. The fraction of sp³-hybridized carbons (Fsp3) is 0.133. The number of halogens is 3. The smallest absolute Gasteiger partial charge is 0.180 e. The van der Waals surface area contributed by atoms with Gasteiger partial charge in [0.15, 0.2) is 5.65 Å². The Morgan fingerprint density at radius 1 is 0.905 bits per heavy atom. The first-order chi connectivity index (χ1) is 9.95. The number of hydrogen-bond donors (Lipinski definition) is 0. The van der Waals surface area contributed by atoms with Gasteiger partial charge >= 0.3 is 0 Å². The topological polar surface area (TPSA) is 38.7 Å². The Labute approximate surface area is 130 Å². The maximum atomic E-state index is 14.2. The molecule has 0 atom stereocenters. The minimum Gasteiger partial charge on any atom is -0.247 e. The molecule has 6 heteroatoms. The number of pyridine rings is 1. The van der Waals surface area contributed by atoms with Gasteiger partial charge in [-0.2, -0.15) is 0 Å². The lowest BCUT2D eigenvalue weighted by molar-refractivity contribution is 0.631. The van der Waals surface area contributed by atoms with Gasteiger partial charge in [0.2, 0.25) is 0 Å². The molecule has 2 aromatic heterocycles. The predicted molar refractivity (Wildman–Crippen MR) is 82.2 cm³/mol. The Kier molecular flexibility index (Phi) is 3.51. The van der Waals surface area contributed by atoms with Gasteiger partial charge in [-0.15, -0.1) is 0 Å². The summed E-state index contributed by atoms with van der Waals surface area (Å²) in [7, 11) is 0. The van der Waals surface area contributed by atoms with Crippen molar-refractivity contribution in [3.8, 4) is 11.1 Å². The molecule has 0 unspecified atom stereocenters. The third-order valence-electron chi connectivity index (χ3n) is 3.24. The van der Waals surface area contributed by atoms with Crippen molar-refractivity contribution in [3.05, 3.63) is 51.6 Å². The molecule has 3 aromatic rings. The van der Waals surface area contributed by atoms with Crippen molar-refractivity contribution >= 4 is 34.4 Å². The van der Waals surface area contributed by atoms with E-state index in [0.29, 0.717) is 27.3 Å². The van der Waals surface area contributed by atoms with Gasteiger partial charge in [-0.05, 0) is 38.1 Å². The molecule has 0 aliphatic rings. The first kappa shape index (κ1) is 14.2. The van der Waals surface area contributed by atoms with E-state index in [2.05, 4.69) is 15.0 Å². The molecule has 21 heavy (non-hydrogen) atoms. The molecule has 0 saturated carbocycles. The highest BCUT2D eigenvalue weighted by Gasteiger charge is 2.14. The summed E-state index contributed by atoms with van der Waals surface area (Å²) in [6, 6.07) is 6.06. The predicted octanol–water partition coefficient (Wildman–Crippen LogP) is 4.75. The first-order valence-corrected chi connectivity index (χ1v) is 6.98. The van der Waals surface area contributed by atoms with E-state index in [1.807, 2.05) is 13.8 Å². The minimum atomic E-state index is -0.439. The number of rotatable bonds is 1. The Morgan fingerprint density at radius 2 is 1.62 bits per heavy atom. The molecule has 3 rings (SSSR count). The van der Waals surface area contributed by atoms with Crippen LogP contribution in [-0.2, 0) is 0 Å². The summed E-state index contributed by atoms with van der Waals surface area (Å²) >= 11 is 11.8. The van der Waals surface area contributed by atoms with E-state index < -0.39 is 5.82 Å². The molecule has 2 heterocycles. The van der Waals surface area contributed by atoms with Gasteiger partial charge in [-0.3, -0.25) is 0 Å². The maximum absolute atomic E-state index is 14.2. The number of aryl methyl sites for hydroxylation is 2. The minimum absolute atomic E-state index is 0.240. The maximum Gasteiger partial charge on any atom is 0.180 e. The van der Waals surface area contributed by atoms with E-state index in [0.717, 1.165) is 11.4 Å². The zero-order chi connectivity index (χ0) is 15.1. The summed E-state index contributed by atoms with van der Waals surface area (Å²) in [5.41, 5.74) is 3.36. The lowest BCUT2D eigenvalue weighted by Crippen LogP contribution is -1.98. The van der Waals surface area contributed by atoms with Gasteiger partial charge in [-0.1, -0.05) is 23.2 Å². The van der Waals surface area contributed by atoms with Crippen molar-refractivity contribution in [3.63, 3.8) is 0 Å². The molecule has 0 bridgehead atoms. The van der Waals surface area contributed by atoms with Gasteiger partial charge in [0.1, 0.15) is 16.5 Å². The highest BCUT2D eigenvalue weighted by Crippen LogP contribution is 2.31. The van der Waals surface area contributed by atoms with Crippen molar-refractivity contribution in [2.45, 2.75) is 13.8 Å². The zero-order valence-electron chi connectivity index (χ0n) is 11.3. The van der Waals surface area contributed by atoms with Crippen molar-refractivity contribution in [2.75, 3.05) is 0 Å². The summed E-state index contributed by atoms with van der Waals surface area (Å²) < 4.78 is 14.2. The molecule has 0 fully saturated rings. The molecule has 106 valence electrons. The second-order valence-corrected chi connectivity index (χ2v) is 5.51. The SMILES string of the molecule is Cc1nc2nc(Cl)cc(-c3ccc(Cl)cc3F)c2nc1C. The fourth-order valence-electron chi connectivity index (χ4n) is 2.08. The van der Waals surface area contributed by atoms with Crippen molar-refractivity contribution in [1.82, 2.24) is 15.0 Å². The van der Waals surface area contributed by atoms with Crippen molar-refractivity contribution in [1.29, 1.82) is 0 Å². The van der Waals surface area contributed by atoms with Gasteiger partial charge in [0.05, 0.1) is 11.4 Å². The van der Waals surface area contributed by atoms with Crippen LogP contribution in [0.5, 0.6) is 0 Å². The van der Waals surface area contributed by atoms with Gasteiger partial charge in [0.25, 0.3) is 0 Å². The highest BCUT2D eigenvalue weighted by molar-refractivity contribution is 6.31. The van der Waals surface area contributed by atoms with Gasteiger partial charge < -0.3 is 0 Å². The van der Waals surface area contributed by atoms with Crippen LogP contribution < -0.4 is 0 Å². The van der Waals surface area contributed by atoms with E-state index in [-0.39, 0.29) is 5.15 Å². The molecule has 0 amide bonds. The van der Waals surface area contributed by atoms with E-state index in [1.165, 1.54) is 6.07 Å². The standard InChI is InChI=1S/C15H10Cl2FN3/c1-7-8(2)20-15-14(19-7)11(6-13(17)21-15)10-4-3-9(16)5-12(10)18/h3-6H,1-2H3. The van der Waals surface area contributed by atoms with Crippen molar-refractivity contribution < 1.29 is 4.39 Å². The lowest BCUT2D eigenvalue weighted by Gasteiger charge is -2.09. The van der Waals surface area contributed by atoms with E-state index >= 15 is 0 Å². The molecule has 1 aromatic carbocycles. The van der Waals surface area contributed by atoms with E-state index in [1.54, 1.807) is 18.2 Å². The first-order valence-electron chi connectivity index (χ1n) is 6.22. The average Bonchev–Trinajstić information content (AvgIpc) is 2.40. The van der Waals surface area contributed by atoms with Crippen LogP contribution in [0.25, 0.3) is 22.3 Å². The highest BCUT2D eigenvalue weighted by atomic mass is 35.5. The summed E-state index contributed by atoms with van der Waals surface area (Å²) in [4.78, 5) is 13.0. The van der Waals surface area contributed by atoms with Crippen LogP contribution in [0.1, 0.15) is 11.4 Å². The molecule has 0 aliphatic carbocycles. The van der Waals surface area contributed by atoms with Crippen LogP contribution in [0.15, 0.2) is 24.3 Å². The Hall–Kier alpha value is -1.78. The fourth-order valence-corrected chi connectivity index (χ4v) is 2.43. The summed E-state index contributed by atoms with van der Waals surface area (Å²) in [6.45, 7) is 3.69. The number of nitrogens with zero attached hydrogens (tertiary/aromatic N) is 3. The molecule has 0 aliphatic heterocycles. The van der Waals surface area contributed by atoms with Crippen LogP contribution in [0.2, 0.25) is 10.2 Å². The van der Waals surface area contributed by atoms with Crippen LogP contribution in [0.3, 0.4) is 0 Å². The van der Waals surface area contributed by atoms with Gasteiger partial charge in [-0.25, -0.2) is 19.3 Å². The molecule has 3 nitrogen and oxygen atoms in total. The summed E-state index contributed by atoms with van der Waals surface area (Å²) in [5, 5.41) is 0.572. The second kappa shape index (κ2) is 5.20. The Bertz CT molecular complexity index is 865. The van der Waals surface area contributed by atoms with Crippen LogP contribution in [0.4, 0.5) is 4.39 Å². The van der Waals surface area contributed by atoms with Gasteiger partial charge in [0, 0.05) is 16.1 Å². The van der Waals surface area contributed by atoms with E-state index in [4.69, 9.17) is 23.2 Å². The average molecular weight is 322 g/mol. The number of fused-ring (bicyclic) bond motifs is 1. The van der Waals surface area contributed by atoms with Crippen LogP contribution in [-0.4, -0.2) is 15.0 Å². The lowest BCUT2D eigenvalue weighted by atomic mass is 10.0. The monoisotopic (exact) mass is 321 g/mol. The van der Waals surface area contributed by atoms with Crippen LogP contribution in [0, 0.1) is 19.7 Å². The summed E-state index contributed by atoms with van der Waals surface area (Å²) in [6.07, 6.45) is 0. The molecule has 0 spiro atoms. The molecule has 0 N–H and O–H groups in total. The molecule has 0 radical (unpaired) electrons. The number of benzene rings is 1. The quantitative estimate of drug-likeness (QED) is 0.607. The third-order valence-corrected chi connectivity index (χ3v) is 3.67.